The third-order valence-corrected chi connectivity index (χ3v) is 4.25. The number of fused-ring (bicyclic) bond motifs is 1. The van der Waals surface area contributed by atoms with Crippen molar-refractivity contribution in [2.24, 2.45) is 0 Å². The molecule has 2 aromatic rings. The molecule has 0 spiro atoms. The Morgan fingerprint density at radius 1 is 1.39 bits per heavy atom. The molecule has 0 aromatic carbocycles. The number of nitrogens with zero attached hydrogens (tertiary/aromatic N) is 3. The van der Waals surface area contributed by atoms with E-state index in [1.807, 2.05) is 6.92 Å². The Morgan fingerprint density at radius 3 is 2.74 bits per heavy atom. The van der Waals surface area contributed by atoms with Crippen molar-refractivity contribution in [2.45, 2.75) is 37.6 Å². The van der Waals surface area contributed by atoms with Crippen LogP contribution in [0.1, 0.15) is 24.8 Å². The maximum atomic E-state index is 10.2. The predicted octanol–water partition coefficient (Wildman–Crippen LogP) is -0.668. The first kappa shape index (κ1) is 16.1. The van der Waals surface area contributed by atoms with Gasteiger partial charge in [0.2, 0.25) is 0 Å². The van der Waals surface area contributed by atoms with E-state index >= 15 is 0 Å². The lowest BCUT2D eigenvalue weighted by molar-refractivity contribution is -0.0510. The van der Waals surface area contributed by atoms with E-state index in [2.05, 4.69) is 9.97 Å². The second-order valence-corrected chi connectivity index (χ2v) is 5.56. The molecular weight excluding hydrogens is 304 g/mol. The van der Waals surface area contributed by atoms with Crippen molar-refractivity contribution in [2.75, 3.05) is 19.5 Å². The molecule has 1 aliphatic rings. The van der Waals surface area contributed by atoms with Crippen LogP contribution in [0.15, 0.2) is 12.5 Å². The second-order valence-electron chi connectivity index (χ2n) is 5.56. The number of aliphatic hydroxyl groups excluding tert-OH is 3. The number of anilines is 1. The van der Waals surface area contributed by atoms with Gasteiger partial charge in [0, 0.05) is 18.9 Å². The zero-order valence-electron chi connectivity index (χ0n) is 12.8. The van der Waals surface area contributed by atoms with E-state index in [-0.39, 0.29) is 6.10 Å². The molecule has 1 fully saturated rings. The standard InChI is InChI=1S/C14H20N4O5/c1-6(22-2)7-3-18(13-9(7)12(15)16-5-17-13)14-11(21)10(20)8(4-19)23-14/h3,5-6,8,10-11,14,19-21H,4H2,1-2H3,(H2,15,16,17)/t6?,8-,10-,11-,14-/m1/s1. The molecular formula is C14H20N4O5. The van der Waals surface area contributed by atoms with Crippen LogP contribution in [0.5, 0.6) is 0 Å². The SMILES string of the molecule is COC(C)c1cn([C@@H]2O[C@H](CO)[C@@H](O)[C@H]2O)c2ncnc(N)c12. The van der Waals surface area contributed by atoms with E-state index in [9.17, 15) is 15.3 Å². The molecule has 0 radical (unpaired) electrons. The van der Waals surface area contributed by atoms with Crippen LogP contribution in [0.2, 0.25) is 0 Å². The minimum absolute atomic E-state index is 0.274. The number of methoxy groups -OCH3 is 1. The number of hydrogen-bond acceptors (Lipinski definition) is 8. The quantitative estimate of drug-likeness (QED) is 0.581. The Morgan fingerprint density at radius 2 is 2.13 bits per heavy atom. The van der Waals surface area contributed by atoms with Crippen LogP contribution in [-0.2, 0) is 9.47 Å². The first-order valence-corrected chi connectivity index (χ1v) is 7.25. The molecule has 5 N–H and O–H groups in total. The largest absolute Gasteiger partial charge is 0.394 e. The van der Waals surface area contributed by atoms with Gasteiger partial charge >= 0.3 is 0 Å². The van der Waals surface area contributed by atoms with Gasteiger partial charge in [-0.15, -0.1) is 0 Å². The first-order valence-electron chi connectivity index (χ1n) is 7.25. The number of nitrogens with two attached hydrogens (primary N) is 1. The summed E-state index contributed by atoms with van der Waals surface area (Å²) in [5, 5.41) is 30.0. The molecule has 0 bridgehead atoms. The topological polar surface area (TPSA) is 136 Å². The summed E-state index contributed by atoms with van der Waals surface area (Å²) in [6.45, 7) is 1.45. The molecule has 1 unspecified atom stereocenters. The zero-order chi connectivity index (χ0) is 16.7. The highest BCUT2D eigenvalue weighted by atomic mass is 16.6. The van der Waals surface area contributed by atoms with Crippen LogP contribution in [0.25, 0.3) is 11.0 Å². The summed E-state index contributed by atoms with van der Waals surface area (Å²) < 4.78 is 12.5. The van der Waals surface area contributed by atoms with Crippen molar-refractivity contribution in [1.82, 2.24) is 14.5 Å². The van der Waals surface area contributed by atoms with Gasteiger partial charge in [-0.2, -0.15) is 0 Å². The Hall–Kier alpha value is -1.78. The highest BCUT2D eigenvalue weighted by Gasteiger charge is 2.44. The highest BCUT2D eigenvalue weighted by molar-refractivity contribution is 5.90. The first-order chi connectivity index (χ1) is 11.0. The number of ether oxygens (including phenoxy) is 2. The number of hydrogen-bond donors (Lipinski definition) is 4. The normalized spacial score (nSPS) is 29.3. The Labute approximate surface area is 132 Å². The zero-order valence-corrected chi connectivity index (χ0v) is 12.8. The summed E-state index contributed by atoms with van der Waals surface area (Å²) in [4.78, 5) is 8.21. The molecule has 9 nitrogen and oxygen atoms in total. The lowest BCUT2D eigenvalue weighted by atomic mass is 10.1. The fourth-order valence-electron chi connectivity index (χ4n) is 2.88. The number of aromatic nitrogens is 3. The van der Waals surface area contributed by atoms with Gasteiger partial charge in [0.25, 0.3) is 0 Å². The predicted molar refractivity (Wildman–Crippen MR) is 80.4 cm³/mol. The molecule has 0 aliphatic carbocycles. The second kappa shape index (κ2) is 6.02. The Bertz CT molecular complexity index is 706. The average molecular weight is 324 g/mol. The Kier molecular flexibility index (Phi) is 4.21. The molecule has 23 heavy (non-hydrogen) atoms. The summed E-state index contributed by atoms with van der Waals surface area (Å²) >= 11 is 0. The lowest BCUT2D eigenvalue weighted by Crippen LogP contribution is -2.33. The molecule has 1 aliphatic heterocycles. The number of rotatable bonds is 4. The molecule has 5 atom stereocenters. The average Bonchev–Trinajstić information content (AvgIpc) is 3.07. The van der Waals surface area contributed by atoms with Crippen molar-refractivity contribution in [3.05, 3.63) is 18.1 Å². The van der Waals surface area contributed by atoms with E-state index in [1.165, 1.54) is 6.33 Å². The van der Waals surface area contributed by atoms with Crippen molar-refractivity contribution in [1.29, 1.82) is 0 Å². The van der Waals surface area contributed by atoms with E-state index in [0.717, 1.165) is 5.56 Å². The monoisotopic (exact) mass is 324 g/mol. The van der Waals surface area contributed by atoms with Gasteiger partial charge in [0.05, 0.1) is 18.1 Å². The van der Waals surface area contributed by atoms with Crippen LogP contribution in [-0.4, -0.2) is 61.9 Å². The van der Waals surface area contributed by atoms with Gasteiger partial charge < -0.3 is 35.1 Å². The van der Waals surface area contributed by atoms with Crippen molar-refractivity contribution >= 4 is 16.9 Å². The lowest BCUT2D eigenvalue weighted by Gasteiger charge is -2.17. The molecule has 2 aromatic heterocycles. The third-order valence-electron chi connectivity index (χ3n) is 4.25. The van der Waals surface area contributed by atoms with E-state index in [1.54, 1.807) is 17.9 Å². The van der Waals surface area contributed by atoms with Gasteiger partial charge in [0.1, 0.15) is 36.1 Å². The van der Waals surface area contributed by atoms with E-state index < -0.39 is 31.1 Å². The van der Waals surface area contributed by atoms with Crippen molar-refractivity contribution in [3.63, 3.8) is 0 Å². The minimum Gasteiger partial charge on any atom is -0.394 e. The summed E-state index contributed by atoms with van der Waals surface area (Å²) in [6.07, 6.45) is -1.40. The van der Waals surface area contributed by atoms with Gasteiger partial charge in [-0.25, -0.2) is 9.97 Å². The molecule has 126 valence electrons. The maximum absolute atomic E-state index is 10.2. The van der Waals surface area contributed by atoms with E-state index in [4.69, 9.17) is 15.2 Å². The van der Waals surface area contributed by atoms with Gasteiger partial charge in [0.15, 0.2) is 6.23 Å². The number of nitrogen functional groups attached to an aromatic ring is 1. The molecule has 1 saturated heterocycles. The van der Waals surface area contributed by atoms with Crippen molar-refractivity contribution in [3.8, 4) is 0 Å². The molecule has 0 saturated carbocycles. The van der Waals surface area contributed by atoms with Crippen molar-refractivity contribution < 1.29 is 24.8 Å². The van der Waals surface area contributed by atoms with Gasteiger partial charge in [-0.3, -0.25) is 0 Å². The van der Waals surface area contributed by atoms with Gasteiger partial charge in [-0.1, -0.05) is 0 Å². The molecule has 9 heteroatoms. The van der Waals surface area contributed by atoms with Crippen LogP contribution >= 0.6 is 0 Å². The summed E-state index contributed by atoms with van der Waals surface area (Å²) in [5.41, 5.74) is 7.18. The van der Waals surface area contributed by atoms with Gasteiger partial charge in [-0.05, 0) is 6.92 Å². The Balaban J connectivity index is 2.14. The molecule has 3 heterocycles. The summed E-state index contributed by atoms with van der Waals surface area (Å²) in [5.74, 6) is 0.291. The van der Waals surface area contributed by atoms with Crippen LogP contribution < -0.4 is 5.73 Å². The highest BCUT2D eigenvalue weighted by Crippen LogP contribution is 2.36. The van der Waals surface area contributed by atoms with Crippen LogP contribution in [0.3, 0.4) is 0 Å². The molecule has 0 amide bonds. The summed E-state index contributed by atoms with van der Waals surface area (Å²) in [7, 11) is 1.57. The third kappa shape index (κ3) is 2.46. The molecule has 3 rings (SSSR count). The number of aliphatic hydroxyl groups is 3. The van der Waals surface area contributed by atoms with Crippen LogP contribution in [0, 0.1) is 0 Å². The fourth-order valence-corrected chi connectivity index (χ4v) is 2.88. The summed E-state index contributed by atoms with van der Waals surface area (Å²) in [6, 6.07) is 0. The van der Waals surface area contributed by atoms with E-state index in [0.29, 0.717) is 16.9 Å². The fraction of sp³-hybridized carbons (Fsp3) is 0.571. The minimum atomic E-state index is -1.20. The maximum Gasteiger partial charge on any atom is 0.164 e. The van der Waals surface area contributed by atoms with Crippen LogP contribution in [0.4, 0.5) is 5.82 Å². The smallest absolute Gasteiger partial charge is 0.164 e.